The summed E-state index contributed by atoms with van der Waals surface area (Å²) in [5, 5.41) is 7.57. The third-order valence-corrected chi connectivity index (χ3v) is 7.89. The number of nitrogens with zero attached hydrogens (tertiary/aromatic N) is 6. The van der Waals surface area contributed by atoms with Crippen LogP contribution >= 0.6 is 0 Å². The van der Waals surface area contributed by atoms with Gasteiger partial charge < -0.3 is 9.64 Å². The molecule has 5 rings (SSSR count). The van der Waals surface area contributed by atoms with E-state index in [1.807, 2.05) is 0 Å². The molecule has 10 nitrogen and oxygen atoms in total. The van der Waals surface area contributed by atoms with Gasteiger partial charge in [-0.2, -0.15) is 4.31 Å². The Morgan fingerprint density at radius 1 is 1.06 bits per heavy atom. The van der Waals surface area contributed by atoms with Crippen molar-refractivity contribution < 1.29 is 26.7 Å². The number of cyclic esters (lactones) is 1. The Hall–Kier alpha value is -3.58. The van der Waals surface area contributed by atoms with Crippen LogP contribution in [0, 0.1) is 11.6 Å². The number of carbonyl (C=O) groups excluding carboxylic acids is 1. The highest BCUT2D eigenvalue weighted by molar-refractivity contribution is 7.89. The number of ether oxygens (including phenoxy) is 1. The molecule has 2 aliphatic rings. The van der Waals surface area contributed by atoms with Crippen LogP contribution in [0.15, 0.2) is 59.8 Å². The van der Waals surface area contributed by atoms with Gasteiger partial charge in [0.05, 0.1) is 35.6 Å². The van der Waals surface area contributed by atoms with Gasteiger partial charge in [0, 0.05) is 32.4 Å². The summed E-state index contributed by atoms with van der Waals surface area (Å²) in [6.07, 6.45) is 2.17. The summed E-state index contributed by atoms with van der Waals surface area (Å²) in [5.41, 5.74) is 0.674. The molecule has 0 spiro atoms. The average molecular weight is 505 g/mol. The van der Waals surface area contributed by atoms with E-state index in [1.54, 1.807) is 27.9 Å². The van der Waals surface area contributed by atoms with Gasteiger partial charge in [-0.3, -0.25) is 4.90 Å². The lowest BCUT2D eigenvalue weighted by Gasteiger charge is -2.35. The van der Waals surface area contributed by atoms with Crippen molar-refractivity contribution in [2.45, 2.75) is 17.5 Å². The highest BCUT2D eigenvalue weighted by atomic mass is 32.2. The van der Waals surface area contributed by atoms with E-state index in [2.05, 4.69) is 10.3 Å². The topological polar surface area (TPSA) is 101 Å². The number of amides is 1. The van der Waals surface area contributed by atoms with Gasteiger partial charge in [0.15, 0.2) is 0 Å². The normalized spacial score (nSPS) is 19.3. The molecule has 0 unspecified atom stereocenters. The molecule has 1 atom stereocenters. The SMILES string of the molecule is O=C1O[C@@H](Cn2ccnn2)CN1c1ccc(N2CCN(S(=O)(=O)c3cccc(F)c3)CC2)c(F)c1. The number of halogens is 2. The Kier molecular flexibility index (Phi) is 6.11. The molecule has 1 amide bonds. The quantitative estimate of drug-likeness (QED) is 0.507. The van der Waals surface area contributed by atoms with Gasteiger partial charge in [0.1, 0.15) is 17.7 Å². The van der Waals surface area contributed by atoms with Crippen LogP contribution in [0.1, 0.15) is 0 Å². The first-order chi connectivity index (χ1) is 16.8. The molecule has 3 heterocycles. The Morgan fingerprint density at radius 2 is 1.86 bits per heavy atom. The summed E-state index contributed by atoms with van der Waals surface area (Å²) in [4.78, 5) is 15.3. The predicted octanol–water partition coefficient (Wildman–Crippen LogP) is 2.09. The van der Waals surface area contributed by atoms with Crippen LogP contribution < -0.4 is 9.80 Å². The second-order valence-corrected chi connectivity index (χ2v) is 10.2. The number of benzene rings is 2. The second-order valence-electron chi connectivity index (χ2n) is 8.23. The maximum atomic E-state index is 15.0. The van der Waals surface area contributed by atoms with Gasteiger partial charge in [0.25, 0.3) is 0 Å². The fourth-order valence-electron chi connectivity index (χ4n) is 4.23. The molecular weight excluding hydrogens is 482 g/mol. The first-order valence-corrected chi connectivity index (χ1v) is 12.4. The number of sulfonamides is 1. The summed E-state index contributed by atoms with van der Waals surface area (Å²) < 4.78 is 62.3. The van der Waals surface area contributed by atoms with E-state index in [-0.39, 0.29) is 37.6 Å². The number of aromatic nitrogens is 3. The molecule has 2 saturated heterocycles. The lowest BCUT2D eigenvalue weighted by Crippen LogP contribution is -2.48. The first kappa shape index (κ1) is 23.2. The minimum Gasteiger partial charge on any atom is -0.442 e. The summed E-state index contributed by atoms with van der Waals surface area (Å²) in [6, 6.07) is 9.34. The van der Waals surface area contributed by atoms with Crippen LogP contribution in [-0.4, -0.2) is 72.6 Å². The smallest absolute Gasteiger partial charge is 0.414 e. The molecule has 3 aromatic rings. The first-order valence-electron chi connectivity index (χ1n) is 10.9. The van der Waals surface area contributed by atoms with Crippen molar-refractivity contribution in [3.8, 4) is 0 Å². The van der Waals surface area contributed by atoms with E-state index in [0.717, 1.165) is 6.07 Å². The summed E-state index contributed by atoms with van der Waals surface area (Å²) in [5.74, 6) is -1.16. The van der Waals surface area contributed by atoms with Crippen LogP contribution in [0.4, 0.5) is 25.0 Å². The summed E-state index contributed by atoms with van der Waals surface area (Å²) in [6.45, 7) is 1.36. The lowest BCUT2D eigenvalue weighted by atomic mass is 10.2. The number of anilines is 2. The molecule has 2 aliphatic heterocycles. The van der Waals surface area contributed by atoms with E-state index in [4.69, 9.17) is 4.74 Å². The van der Waals surface area contributed by atoms with Gasteiger partial charge in [-0.15, -0.1) is 5.10 Å². The second kappa shape index (κ2) is 9.23. The van der Waals surface area contributed by atoms with Crippen molar-refractivity contribution in [1.82, 2.24) is 19.3 Å². The molecule has 0 aliphatic carbocycles. The fourth-order valence-corrected chi connectivity index (χ4v) is 5.69. The average Bonchev–Trinajstić information content (AvgIpc) is 3.48. The van der Waals surface area contributed by atoms with Crippen molar-refractivity contribution in [3.05, 3.63) is 66.5 Å². The summed E-state index contributed by atoms with van der Waals surface area (Å²) >= 11 is 0. The van der Waals surface area contributed by atoms with E-state index < -0.39 is 33.9 Å². The molecule has 0 saturated carbocycles. The molecule has 0 N–H and O–H groups in total. The van der Waals surface area contributed by atoms with E-state index >= 15 is 4.39 Å². The molecule has 2 fully saturated rings. The predicted molar refractivity (Wildman–Crippen MR) is 121 cm³/mol. The molecule has 1 aromatic heterocycles. The molecule has 0 radical (unpaired) electrons. The van der Waals surface area contributed by atoms with Crippen molar-refractivity contribution in [2.75, 3.05) is 42.5 Å². The van der Waals surface area contributed by atoms with E-state index in [9.17, 15) is 17.6 Å². The van der Waals surface area contributed by atoms with Crippen LogP contribution in [-0.2, 0) is 21.3 Å². The number of hydrogen-bond acceptors (Lipinski definition) is 7. The number of hydrogen-bond donors (Lipinski definition) is 0. The number of piperazine rings is 1. The molecule has 35 heavy (non-hydrogen) atoms. The van der Waals surface area contributed by atoms with E-state index in [0.29, 0.717) is 17.9 Å². The van der Waals surface area contributed by atoms with Crippen molar-refractivity contribution in [1.29, 1.82) is 0 Å². The Bertz CT molecular complexity index is 1330. The largest absolute Gasteiger partial charge is 0.442 e. The van der Waals surface area contributed by atoms with Crippen LogP contribution in [0.2, 0.25) is 0 Å². The van der Waals surface area contributed by atoms with Crippen molar-refractivity contribution in [3.63, 3.8) is 0 Å². The fraction of sp³-hybridized carbons (Fsp3) is 0.318. The monoisotopic (exact) mass is 504 g/mol. The molecule has 184 valence electrons. The van der Waals surface area contributed by atoms with Gasteiger partial charge >= 0.3 is 6.09 Å². The van der Waals surface area contributed by atoms with Gasteiger partial charge in [-0.1, -0.05) is 11.3 Å². The zero-order chi connectivity index (χ0) is 24.6. The third-order valence-electron chi connectivity index (χ3n) is 5.99. The maximum Gasteiger partial charge on any atom is 0.414 e. The van der Waals surface area contributed by atoms with Crippen molar-refractivity contribution in [2.24, 2.45) is 0 Å². The number of carbonyl (C=O) groups is 1. The molecule has 2 aromatic carbocycles. The standard InChI is InChI=1S/C22H22F2N6O4S/c23-16-2-1-3-19(12-16)35(32,33)29-10-8-27(9-11-29)21-5-4-17(13-20(21)24)30-15-18(34-22(30)31)14-28-7-6-25-26-28/h1-7,12-13,18H,8-11,14-15H2/t18-/m0/s1. The highest BCUT2D eigenvalue weighted by Gasteiger charge is 2.34. The minimum absolute atomic E-state index is 0.110. The van der Waals surface area contributed by atoms with Gasteiger partial charge in [-0.05, 0) is 36.4 Å². The maximum absolute atomic E-state index is 15.0. The zero-order valence-electron chi connectivity index (χ0n) is 18.5. The Balaban J connectivity index is 1.24. The lowest BCUT2D eigenvalue weighted by molar-refractivity contribution is 0.129. The number of rotatable bonds is 6. The van der Waals surface area contributed by atoms with Gasteiger partial charge in [-0.25, -0.2) is 26.7 Å². The van der Waals surface area contributed by atoms with E-state index in [1.165, 1.54) is 39.7 Å². The summed E-state index contributed by atoms with van der Waals surface area (Å²) in [7, 11) is -3.84. The van der Waals surface area contributed by atoms with Crippen LogP contribution in [0.5, 0.6) is 0 Å². The zero-order valence-corrected chi connectivity index (χ0v) is 19.3. The van der Waals surface area contributed by atoms with Gasteiger partial charge in [0.2, 0.25) is 10.0 Å². The Morgan fingerprint density at radius 3 is 2.54 bits per heavy atom. The van der Waals surface area contributed by atoms with Crippen LogP contribution in [0.25, 0.3) is 0 Å². The minimum atomic E-state index is -3.84. The molecule has 0 bridgehead atoms. The molecule has 13 heteroatoms. The van der Waals surface area contributed by atoms with Crippen molar-refractivity contribution >= 4 is 27.5 Å². The molecular formula is C22H22F2N6O4S. The third kappa shape index (κ3) is 4.68. The van der Waals surface area contributed by atoms with Crippen LogP contribution in [0.3, 0.4) is 0 Å². The Labute approximate surface area is 200 Å². The highest BCUT2D eigenvalue weighted by Crippen LogP contribution is 2.29.